The molecule has 1 aliphatic carbocycles. The van der Waals surface area contributed by atoms with Crippen molar-refractivity contribution in [3.05, 3.63) is 58.3 Å². The molecule has 2 aromatic rings. The van der Waals surface area contributed by atoms with E-state index in [-0.39, 0.29) is 22.7 Å². The Morgan fingerprint density at radius 2 is 1.96 bits per heavy atom. The van der Waals surface area contributed by atoms with Gasteiger partial charge in [0.25, 0.3) is 5.69 Å². The summed E-state index contributed by atoms with van der Waals surface area (Å²) in [6, 6.07) is 9.96. The molecule has 10 heteroatoms. The molecule has 0 unspecified atom stereocenters. The standard InChI is InChI=1S/C18H18N4O5S/c19-11-13-4-9-18(20-12-13)27-16-7-5-14(6-8-16)21-28(25,26)17-3-1-2-15(10-17)22(23)24/h1-4,9-10,12,14,16,21H,5-8H2. The van der Waals surface area contributed by atoms with E-state index < -0.39 is 14.9 Å². The van der Waals surface area contributed by atoms with E-state index in [1.807, 2.05) is 6.07 Å². The number of hydrogen-bond acceptors (Lipinski definition) is 7. The summed E-state index contributed by atoms with van der Waals surface area (Å²) >= 11 is 0. The lowest BCUT2D eigenvalue weighted by Gasteiger charge is -2.29. The predicted octanol–water partition coefficient (Wildman–Crippen LogP) is 2.53. The van der Waals surface area contributed by atoms with Gasteiger partial charge in [0.2, 0.25) is 15.9 Å². The zero-order valence-corrected chi connectivity index (χ0v) is 15.6. The first-order valence-corrected chi connectivity index (χ1v) is 10.2. The molecule has 3 rings (SSSR count). The molecule has 146 valence electrons. The van der Waals surface area contributed by atoms with Crippen LogP contribution in [-0.2, 0) is 10.0 Å². The minimum absolute atomic E-state index is 0.0843. The summed E-state index contributed by atoms with van der Waals surface area (Å²) in [5, 5.41) is 19.6. The lowest BCUT2D eigenvalue weighted by Crippen LogP contribution is -2.39. The number of hydrogen-bond donors (Lipinski definition) is 1. The summed E-state index contributed by atoms with van der Waals surface area (Å²) < 4.78 is 33.4. The summed E-state index contributed by atoms with van der Waals surface area (Å²) in [6.45, 7) is 0. The number of nitrogens with zero attached hydrogens (tertiary/aromatic N) is 3. The van der Waals surface area contributed by atoms with E-state index in [2.05, 4.69) is 9.71 Å². The van der Waals surface area contributed by atoms with Crippen molar-refractivity contribution in [1.82, 2.24) is 9.71 Å². The summed E-state index contributed by atoms with van der Waals surface area (Å²) in [7, 11) is -3.84. The van der Waals surface area contributed by atoms with Crippen molar-refractivity contribution in [2.24, 2.45) is 0 Å². The third-order valence-electron chi connectivity index (χ3n) is 4.49. The second kappa shape index (κ2) is 8.33. The Morgan fingerprint density at radius 1 is 1.21 bits per heavy atom. The molecule has 0 bridgehead atoms. The zero-order chi connectivity index (χ0) is 20.1. The molecule has 1 aromatic heterocycles. The van der Waals surface area contributed by atoms with Gasteiger partial charge in [-0.05, 0) is 37.8 Å². The van der Waals surface area contributed by atoms with Crippen LogP contribution in [0.2, 0.25) is 0 Å². The fourth-order valence-electron chi connectivity index (χ4n) is 3.04. The van der Waals surface area contributed by atoms with Gasteiger partial charge in [-0.3, -0.25) is 10.1 Å². The second-order valence-corrected chi connectivity index (χ2v) is 8.18. The molecule has 28 heavy (non-hydrogen) atoms. The van der Waals surface area contributed by atoms with Crippen molar-refractivity contribution in [3.63, 3.8) is 0 Å². The third kappa shape index (κ3) is 4.82. The summed E-state index contributed by atoms with van der Waals surface area (Å²) in [6.07, 6.45) is 3.80. The van der Waals surface area contributed by atoms with Crippen molar-refractivity contribution < 1.29 is 18.1 Å². The molecule has 0 radical (unpaired) electrons. The first-order valence-electron chi connectivity index (χ1n) is 8.67. The fourth-order valence-corrected chi connectivity index (χ4v) is 4.38. The SMILES string of the molecule is N#Cc1ccc(OC2CCC(NS(=O)(=O)c3cccc([N+](=O)[O-])c3)CC2)nc1. The molecule has 0 aliphatic heterocycles. The van der Waals surface area contributed by atoms with Gasteiger partial charge in [-0.25, -0.2) is 18.1 Å². The maximum absolute atomic E-state index is 12.5. The Hall–Kier alpha value is -3.03. The van der Waals surface area contributed by atoms with Crippen molar-refractivity contribution in [3.8, 4) is 11.9 Å². The van der Waals surface area contributed by atoms with E-state index >= 15 is 0 Å². The van der Waals surface area contributed by atoms with Crippen LogP contribution in [0.1, 0.15) is 31.2 Å². The normalized spacial score (nSPS) is 19.5. The van der Waals surface area contributed by atoms with E-state index in [4.69, 9.17) is 10.00 Å². The molecular formula is C18H18N4O5S. The minimum atomic E-state index is -3.84. The van der Waals surface area contributed by atoms with Crippen molar-refractivity contribution >= 4 is 15.7 Å². The zero-order valence-electron chi connectivity index (χ0n) is 14.8. The van der Waals surface area contributed by atoms with Gasteiger partial charge in [0.05, 0.1) is 15.4 Å². The first kappa shape index (κ1) is 19.7. The van der Waals surface area contributed by atoms with E-state index in [1.165, 1.54) is 24.4 Å². The summed E-state index contributed by atoms with van der Waals surface area (Å²) in [5.41, 5.74) is 0.182. The lowest BCUT2D eigenvalue weighted by atomic mass is 9.94. The highest BCUT2D eigenvalue weighted by Gasteiger charge is 2.27. The molecule has 0 atom stereocenters. The number of benzene rings is 1. The summed E-state index contributed by atoms with van der Waals surface area (Å²) in [5.74, 6) is 0.430. The number of nitrogens with one attached hydrogen (secondary N) is 1. The third-order valence-corrected chi connectivity index (χ3v) is 6.01. The molecule has 1 heterocycles. The molecule has 9 nitrogen and oxygen atoms in total. The Kier molecular flexibility index (Phi) is 5.87. The number of ether oxygens (including phenoxy) is 1. The molecule has 1 saturated carbocycles. The van der Waals surface area contributed by atoms with Crippen LogP contribution < -0.4 is 9.46 Å². The van der Waals surface area contributed by atoms with Crippen LogP contribution in [0.15, 0.2) is 47.5 Å². The molecule has 0 spiro atoms. The molecule has 1 aliphatic rings. The van der Waals surface area contributed by atoms with Crippen LogP contribution in [0.4, 0.5) is 5.69 Å². The second-order valence-electron chi connectivity index (χ2n) is 6.46. The van der Waals surface area contributed by atoms with Crippen LogP contribution in [0.25, 0.3) is 0 Å². The van der Waals surface area contributed by atoms with E-state index in [9.17, 15) is 18.5 Å². The van der Waals surface area contributed by atoms with E-state index in [1.54, 1.807) is 12.1 Å². The van der Waals surface area contributed by atoms with Gasteiger partial charge in [0.1, 0.15) is 12.2 Å². The molecule has 0 amide bonds. The number of nitro groups is 1. The van der Waals surface area contributed by atoms with Crippen LogP contribution in [0.3, 0.4) is 0 Å². The molecule has 1 N–H and O–H groups in total. The topological polar surface area (TPSA) is 135 Å². The Balaban J connectivity index is 1.56. The summed E-state index contributed by atoms with van der Waals surface area (Å²) in [4.78, 5) is 14.2. The van der Waals surface area contributed by atoms with E-state index in [0.29, 0.717) is 37.1 Å². The van der Waals surface area contributed by atoms with Crippen LogP contribution in [-0.4, -0.2) is 30.5 Å². The van der Waals surface area contributed by atoms with E-state index in [0.717, 1.165) is 6.07 Å². The maximum atomic E-state index is 12.5. The Morgan fingerprint density at radius 3 is 2.57 bits per heavy atom. The number of pyridine rings is 1. The monoisotopic (exact) mass is 402 g/mol. The Bertz CT molecular complexity index is 993. The fraction of sp³-hybridized carbons (Fsp3) is 0.333. The highest BCUT2D eigenvalue weighted by Crippen LogP contribution is 2.25. The van der Waals surface area contributed by atoms with Gasteiger partial charge in [0.15, 0.2) is 0 Å². The van der Waals surface area contributed by atoms with Crippen molar-refractivity contribution in [2.45, 2.75) is 42.7 Å². The maximum Gasteiger partial charge on any atom is 0.270 e. The quantitative estimate of drug-likeness (QED) is 0.579. The molecule has 1 aromatic carbocycles. The highest BCUT2D eigenvalue weighted by molar-refractivity contribution is 7.89. The van der Waals surface area contributed by atoms with Gasteiger partial charge < -0.3 is 4.74 Å². The molecule has 1 fully saturated rings. The van der Waals surface area contributed by atoms with Crippen molar-refractivity contribution in [2.75, 3.05) is 0 Å². The largest absolute Gasteiger partial charge is 0.474 e. The highest BCUT2D eigenvalue weighted by atomic mass is 32.2. The molecule has 0 saturated heterocycles. The average molecular weight is 402 g/mol. The smallest absolute Gasteiger partial charge is 0.270 e. The van der Waals surface area contributed by atoms with Gasteiger partial charge >= 0.3 is 0 Å². The number of non-ortho nitro benzene ring substituents is 1. The molecular weight excluding hydrogens is 384 g/mol. The van der Waals surface area contributed by atoms with Gasteiger partial charge in [-0.15, -0.1) is 0 Å². The van der Waals surface area contributed by atoms with Gasteiger partial charge in [0, 0.05) is 30.4 Å². The van der Waals surface area contributed by atoms with Crippen LogP contribution >= 0.6 is 0 Å². The Labute approximate surface area is 162 Å². The number of aromatic nitrogens is 1. The van der Waals surface area contributed by atoms with Crippen molar-refractivity contribution in [1.29, 1.82) is 5.26 Å². The minimum Gasteiger partial charge on any atom is -0.474 e. The first-order chi connectivity index (χ1) is 13.4. The average Bonchev–Trinajstić information content (AvgIpc) is 2.70. The van der Waals surface area contributed by atoms with Gasteiger partial charge in [-0.2, -0.15) is 5.26 Å². The number of rotatable bonds is 6. The number of nitro benzene ring substituents is 1. The lowest BCUT2D eigenvalue weighted by molar-refractivity contribution is -0.385. The van der Waals surface area contributed by atoms with Gasteiger partial charge in [-0.1, -0.05) is 6.07 Å². The number of sulfonamides is 1. The van der Waals surface area contributed by atoms with Crippen LogP contribution in [0, 0.1) is 21.4 Å². The number of nitriles is 1. The van der Waals surface area contributed by atoms with Crippen LogP contribution in [0.5, 0.6) is 5.88 Å². The predicted molar refractivity (Wildman–Crippen MR) is 99.0 cm³/mol.